The molecule has 1 fully saturated rings. The third kappa shape index (κ3) is 4.20. The number of hydrogen-bond acceptors (Lipinski definition) is 4. The Bertz CT molecular complexity index is 609. The molecule has 1 aromatic rings. The van der Waals surface area contributed by atoms with Gasteiger partial charge in [0.05, 0.1) is 20.6 Å². The quantitative estimate of drug-likeness (QED) is 0.826. The second-order valence-corrected chi connectivity index (χ2v) is 6.85. The molecule has 6 heteroatoms. The summed E-state index contributed by atoms with van der Waals surface area (Å²) < 4.78 is 10.0. The lowest BCUT2D eigenvalue weighted by atomic mass is 9.77. The predicted octanol–water partition coefficient (Wildman–Crippen LogP) is 3.13. The van der Waals surface area contributed by atoms with Crippen molar-refractivity contribution in [1.29, 1.82) is 0 Å². The minimum absolute atomic E-state index is 0.108. The second-order valence-electron chi connectivity index (χ2n) is 6.44. The van der Waals surface area contributed by atoms with Crippen molar-refractivity contribution in [3.8, 4) is 5.75 Å². The van der Waals surface area contributed by atoms with Gasteiger partial charge in [0.1, 0.15) is 11.3 Å². The number of rotatable bonds is 5. The summed E-state index contributed by atoms with van der Waals surface area (Å²) in [5, 5.41) is 3.37. The highest BCUT2D eigenvalue weighted by Crippen LogP contribution is 2.33. The molecule has 1 aliphatic rings. The first-order valence-corrected chi connectivity index (χ1v) is 8.50. The van der Waals surface area contributed by atoms with Crippen LogP contribution in [0.15, 0.2) is 18.2 Å². The van der Waals surface area contributed by atoms with Crippen LogP contribution >= 0.6 is 11.6 Å². The Hall–Kier alpha value is -1.75. The molecule has 0 saturated heterocycles. The van der Waals surface area contributed by atoms with Crippen molar-refractivity contribution in [2.75, 3.05) is 14.2 Å². The van der Waals surface area contributed by atoms with Crippen LogP contribution in [0.25, 0.3) is 0 Å². The van der Waals surface area contributed by atoms with Crippen molar-refractivity contribution in [1.82, 2.24) is 5.32 Å². The molecule has 1 aromatic carbocycles. The van der Waals surface area contributed by atoms with Crippen LogP contribution in [0, 0.1) is 5.92 Å². The minimum Gasteiger partial charge on any atom is -0.497 e. The number of methoxy groups -OCH3 is 2. The van der Waals surface area contributed by atoms with E-state index < -0.39 is 5.54 Å². The number of esters is 1. The number of nitrogens with one attached hydrogen (secondary N) is 1. The van der Waals surface area contributed by atoms with Gasteiger partial charge in [-0.3, -0.25) is 4.79 Å². The molecule has 0 radical (unpaired) electrons. The molecule has 1 N–H and O–H groups in total. The molecule has 0 aliphatic heterocycles. The molecule has 5 nitrogen and oxygen atoms in total. The number of hydrogen-bond donors (Lipinski definition) is 1. The van der Waals surface area contributed by atoms with Gasteiger partial charge in [-0.2, -0.15) is 0 Å². The van der Waals surface area contributed by atoms with E-state index in [4.69, 9.17) is 21.1 Å². The number of carbonyl (C=O) groups excluding carboxylic acids is 2. The monoisotopic (exact) mass is 353 g/mol. The molecule has 0 aromatic heterocycles. The van der Waals surface area contributed by atoms with Crippen LogP contribution in [-0.2, 0) is 20.7 Å². The summed E-state index contributed by atoms with van der Waals surface area (Å²) in [7, 11) is 2.91. The Morgan fingerprint density at radius 3 is 2.50 bits per heavy atom. The van der Waals surface area contributed by atoms with Gasteiger partial charge >= 0.3 is 5.97 Å². The number of amides is 1. The zero-order chi connectivity index (χ0) is 17.7. The molecule has 2 rings (SSSR count). The highest BCUT2D eigenvalue weighted by molar-refractivity contribution is 6.31. The highest BCUT2D eigenvalue weighted by atomic mass is 35.5. The highest BCUT2D eigenvalue weighted by Gasteiger charge is 2.43. The Morgan fingerprint density at radius 1 is 1.29 bits per heavy atom. The number of ether oxygens (including phenoxy) is 2. The maximum atomic E-state index is 12.5. The average Bonchev–Trinajstić information content (AvgIpc) is 2.58. The first-order valence-electron chi connectivity index (χ1n) is 8.12. The van der Waals surface area contributed by atoms with E-state index in [1.807, 2.05) is 0 Å². The van der Waals surface area contributed by atoms with E-state index in [1.54, 1.807) is 25.3 Å². The van der Waals surface area contributed by atoms with Crippen molar-refractivity contribution in [2.24, 2.45) is 5.92 Å². The summed E-state index contributed by atoms with van der Waals surface area (Å²) in [6.45, 7) is 2.15. The SMILES string of the molecule is COC(=O)C1(NC(=O)Cc2ccc(OC)cc2Cl)CCC(C)CC1. The fourth-order valence-corrected chi connectivity index (χ4v) is 3.35. The average molecular weight is 354 g/mol. The van der Waals surface area contributed by atoms with Crippen LogP contribution in [0.5, 0.6) is 5.75 Å². The third-order valence-electron chi connectivity index (χ3n) is 4.69. The van der Waals surface area contributed by atoms with E-state index in [-0.39, 0.29) is 18.3 Å². The predicted molar refractivity (Wildman–Crippen MR) is 92.2 cm³/mol. The maximum Gasteiger partial charge on any atom is 0.331 e. The zero-order valence-electron chi connectivity index (χ0n) is 14.4. The standard InChI is InChI=1S/C18H24ClNO4/c1-12-6-8-18(9-7-12,17(22)24-3)20-16(21)10-13-4-5-14(23-2)11-15(13)19/h4-5,11-12H,6-10H2,1-3H3,(H,20,21). The van der Waals surface area contributed by atoms with Gasteiger partial charge < -0.3 is 14.8 Å². The lowest BCUT2D eigenvalue weighted by molar-refractivity contribution is -0.153. The second kappa shape index (κ2) is 7.88. The van der Waals surface area contributed by atoms with E-state index in [0.29, 0.717) is 35.1 Å². The van der Waals surface area contributed by atoms with Gasteiger partial charge in [0.2, 0.25) is 5.91 Å². The van der Waals surface area contributed by atoms with Crippen molar-refractivity contribution in [3.63, 3.8) is 0 Å². The van der Waals surface area contributed by atoms with E-state index in [1.165, 1.54) is 7.11 Å². The van der Waals surface area contributed by atoms with Crippen molar-refractivity contribution >= 4 is 23.5 Å². The van der Waals surface area contributed by atoms with E-state index in [9.17, 15) is 9.59 Å². The molecule has 0 unspecified atom stereocenters. The summed E-state index contributed by atoms with van der Waals surface area (Å²) in [6, 6.07) is 5.18. The van der Waals surface area contributed by atoms with Crippen LogP contribution in [0.2, 0.25) is 5.02 Å². The molecule has 1 amide bonds. The fraction of sp³-hybridized carbons (Fsp3) is 0.556. The summed E-state index contributed by atoms with van der Waals surface area (Å²) in [5.41, 5.74) is -0.226. The summed E-state index contributed by atoms with van der Waals surface area (Å²) in [5.74, 6) is 0.581. The normalized spacial score (nSPS) is 23.4. The van der Waals surface area contributed by atoms with Crippen molar-refractivity contribution < 1.29 is 19.1 Å². The fourth-order valence-electron chi connectivity index (χ4n) is 3.11. The first-order chi connectivity index (χ1) is 11.4. The van der Waals surface area contributed by atoms with Gasteiger partial charge in [-0.1, -0.05) is 24.6 Å². The molecular formula is C18H24ClNO4. The molecule has 0 heterocycles. The summed E-state index contributed by atoms with van der Waals surface area (Å²) in [4.78, 5) is 24.7. The smallest absolute Gasteiger partial charge is 0.331 e. The van der Waals surface area contributed by atoms with Crippen LogP contribution < -0.4 is 10.1 Å². The van der Waals surface area contributed by atoms with Gasteiger partial charge in [0.25, 0.3) is 0 Å². The molecule has 0 atom stereocenters. The Balaban J connectivity index is 2.09. The third-order valence-corrected chi connectivity index (χ3v) is 5.05. The van der Waals surface area contributed by atoms with Gasteiger partial charge in [-0.25, -0.2) is 4.79 Å². The number of carbonyl (C=O) groups is 2. The topological polar surface area (TPSA) is 64.6 Å². The zero-order valence-corrected chi connectivity index (χ0v) is 15.1. The van der Waals surface area contributed by atoms with Gasteiger partial charge in [0, 0.05) is 5.02 Å². The van der Waals surface area contributed by atoms with Gasteiger partial charge in [0.15, 0.2) is 0 Å². The first kappa shape index (κ1) is 18.6. The number of benzene rings is 1. The molecular weight excluding hydrogens is 330 g/mol. The van der Waals surface area contributed by atoms with E-state index in [2.05, 4.69) is 12.2 Å². The minimum atomic E-state index is -0.919. The van der Waals surface area contributed by atoms with Crippen molar-refractivity contribution in [2.45, 2.75) is 44.6 Å². The largest absolute Gasteiger partial charge is 0.497 e. The number of halogens is 1. The Labute approximate surface area is 147 Å². The van der Waals surface area contributed by atoms with E-state index >= 15 is 0 Å². The van der Waals surface area contributed by atoms with Crippen LogP contribution in [0.4, 0.5) is 0 Å². The van der Waals surface area contributed by atoms with Crippen LogP contribution in [0.1, 0.15) is 38.2 Å². The molecule has 24 heavy (non-hydrogen) atoms. The lowest BCUT2D eigenvalue weighted by Gasteiger charge is -2.37. The summed E-state index contributed by atoms with van der Waals surface area (Å²) in [6.07, 6.45) is 3.08. The molecule has 1 aliphatic carbocycles. The van der Waals surface area contributed by atoms with Crippen LogP contribution in [-0.4, -0.2) is 31.6 Å². The Morgan fingerprint density at radius 2 is 1.96 bits per heavy atom. The summed E-state index contributed by atoms with van der Waals surface area (Å²) >= 11 is 6.19. The maximum absolute atomic E-state index is 12.5. The molecule has 132 valence electrons. The molecule has 1 saturated carbocycles. The Kier molecular flexibility index (Phi) is 6.10. The molecule has 0 spiro atoms. The molecule has 0 bridgehead atoms. The van der Waals surface area contributed by atoms with Crippen LogP contribution in [0.3, 0.4) is 0 Å². The lowest BCUT2D eigenvalue weighted by Crippen LogP contribution is -2.57. The van der Waals surface area contributed by atoms with E-state index in [0.717, 1.165) is 12.8 Å². The van der Waals surface area contributed by atoms with Gasteiger partial charge in [-0.15, -0.1) is 0 Å². The van der Waals surface area contributed by atoms with Gasteiger partial charge in [-0.05, 0) is 49.3 Å². The van der Waals surface area contributed by atoms with Crippen molar-refractivity contribution in [3.05, 3.63) is 28.8 Å².